The van der Waals surface area contributed by atoms with Crippen molar-refractivity contribution in [2.75, 3.05) is 0 Å². The van der Waals surface area contributed by atoms with Crippen molar-refractivity contribution in [3.63, 3.8) is 0 Å². The number of aryl methyl sites for hydroxylation is 1. The van der Waals surface area contributed by atoms with Crippen molar-refractivity contribution in [2.45, 2.75) is 77.4 Å². The van der Waals surface area contributed by atoms with E-state index in [0.717, 1.165) is 25.7 Å². The Balaban J connectivity index is 1.69. The lowest BCUT2D eigenvalue weighted by molar-refractivity contribution is -0.166. The molecular weight excluding hydrogens is 356 g/mol. The van der Waals surface area contributed by atoms with E-state index in [1.807, 2.05) is 25.1 Å². The summed E-state index contributed by atoms with van der Waals surface area (Å²) >= 11 is 0. The first-order chi connectivity index (χ1) is 13.1. The van der Waals surface area contributed by atoms with Crippen molar-refractivity contribution in [1.29, 1.82) is 0 Å². The van der Waals surface area contributed by atoms with E-state index in [1.165, 1.54) is 25.0 Å². The Morgan fingerprint density at radius 2 is 1.86 bits per heavy atom. The third kappa shape index (κ3) is 3.04. The number of carbonyl (C=O) groups is 2. The molecule has 6 atom stereocenters. The number of aliphatic hydroxyl groups is 1. The molecule has 1 aromatic carbocycles. The zero-order valence-electron chi connectivity index (χ0n) is 17.2. The summed E-state index contributed by atoms with van der Waals surface area (Å²) in [6.45, 7) is 7.01. The van der Waals surface area contributed by atoms with E-state index in [0.29, 0.717) is 24.0 Å². The molecule has 1 aromatic rings. The number of esters is 2. The van der Waals surface area contributed by atoms with Gasteiger partial charge in [-0.2, -0.15) is 0 Å². The summed E-state index contributed by atoms with van der Waals surface area (Å²) in [5.74, 6) is 0.861. The number of carbonyl (C=O) groups excluding carboxylic acids is 2. The predicted molar refractivity (Wildman–Crippen MR) is 104 cm³/mol. The van der Waals surface area contributed by atoms with Crippen molar-refractivity contribution < 1.29 is 24.2 Å². The normalized spacial score (nSPS) is 38.8. The molecule has 0 spiro atoms. The topological polar surface area (TPSA) is 72.8 Å². The number of hydrogen-bond donors (Lipinski definition) is 1. The van der Waals surface area contributed by atoms with Gasteiger partial charge in [0, 0.05) is 25.2 Å². The summed E-state index contributed by atoms with van der Waals surface area (Å²) in [7, 11) is 0. The first kappa shape index (κ1) is 19.4. The fourth-order valence-electron chi connectivity index (χ4n) is 6.73. The van der Waals surface area contributed by atoms with Gasteiger partial charge in [0.1, 0.15) is 11.9 Å². The van der Waals surface area contributed by atoms with Gasteiger partial charge in [0.25, 0.3) is 0 Å². The number of hydrogen-bond acceptors (Lipinski definition) is 5. The zero-order chi connectivity index (χ0) is 20.3. The standard InChI is InChI=1S/C23H30O5/c1-13(24)27-16-6-8-17-15(11-16)5-7-18-19-9-10-20(28-14(2)25)22(19,3)12-23(4,26)21(17)18/h6,8,11,18-21,26H,5,7,9-10,12H2,1-4H3/t18?,19?,20?,21?,22?,23-/m1/s1. The van der Waals surface area contributed by atoms with Gasteiger partial charge in [-0.05, 0) is 74.1 Å². The summed E-state index contributed by atoms with van der Waals surface area (Å²) in [6.07, 6.45) is 4.31. The van der Waals surface area contributed by atoms with E-state index in [2.05, 4.69) is 6.92 Å². The fourth-order valence-corrected chi connectivity index (χ4v) is 6.73. The Kier molecular flexibility index (Phi) is 4.57. The van der Waals surface area contributed by atoms with Crippen LogP contribution >= 0.6 is 0 Å². The summed E-state index contributed by atoms with van der Waals surface area (Å²) in [4.78, 5) is 22.9. The molecular formula is C23H30O5. The van der Waals surface area contributed by atoms with Crippen LogP contribution in [0.25, 0.3) is 0 Å². The second-order valence-corrected chi connectivity index (χ2v) is 9.46. The minimum absolute atomic E-state index is 0.0526. The largest absolute Gasteiger partial charge is 0.462 e. The number of fused-ring (bicyclic) bond motifs is 5. The van der Waals surface area contributed by atoms with Crippen molar-refractivity contribution in [3.05, 3.63) is 29.3 Å². The van der Waals surface area contributed by atoms with Crippen LogP contribution in [-0.2, 0) is 20.7 Å². The molecule has 3 aliphatic carbocycles. The van der Waals surface area contributed by atoms with Gasteiger partial charge in [0.2, 0.25) is 0 Å². The summed E-state index contributed by atoms with van der Waals surface area (Å²) in [5, 5.41) is 11.6. The number of ether oxygens (including phenoxy) is 2. The van der Waals surface area contributed by atoms with Gasteiger partial charge >= 0.3 is 11.9 Å². The second kappa shape index (κ2) is 6.58. The smallest absolute Gasteiger partial charge is 0.308 e. The molecule has 0 heterocycles. The number of benzene rings is 1. The molecule has 152 valence electrons. The maximum Gasteiger partial charge on any atom is 0.308 e. The lowest BCUT2D eigenvalue weighted by Gasteiger charge is -2.56. The molecule has 28 heavy (non-hydrogen) atoms. The lowest BCUT2D eigenvalue weighted by Crippen LogP contribution is -2.55. The van der Waals surface area contributed by atoms with Gasteiger partial charge in [-0.1, -0.05) is 13.0 Å². The van der Waals surface area contributed by atoms with Crippen LogP contribution < -0.4 is 4.74 Å². The molecule has 1 N–H and O–H groups in total. The maximum absolute atomic E-state index is 11.6. The van der Waals surface area contributed by atoms with Gasteiger partial charge in [-0.25, -0.2) is 0 Å². The van der Waals surface area contributed by atoms with Gasteiger partial charge in [-0.3, -0.25) is 9.59 Å². The average Bonchev–Trinajstić information content (AvgIpc) is 2.88. The minimum atomic E-state index is -0.878. The highest BCUT2D eigenvalue weighted by Gasteiger charge is 2.62. The van der Waals surface area contributed by atoms with Gasteiger partial charge in [-0.15, -0.1) is 0 Å². The highest BCUT2D eigenvalue weighted by molar-refractivity contribution is 5.69. The van der Waals surface area contributed by atoms with Crippen LogP contribution in [0.1, 0.15) is 70.4 Å². The monoisotopic (exact) mass is 386 g/mol. The van der Waals surface area contributed by atoms with Crippen LogP contribution in [0.4, 0.5) is 0 Å². The highest BCUT2D eigenvalue weighted by atomic mass is 16.5. The molecule has 0 saturated heterocycles. The fraction of sp³-hybridized carbons (Fsp3) is 0.652. The molecule has 5 nitrogen and oxygen atoms in total. The van der Waals surface area contributed by atoms with Crippen molar-refractivity contribution in [3.8, 4) is 5.75 Å². The van der Waals surface area contributed by atoms with Crippen LogP contribution in [0.5, 0.6) is 5.75 Å². The van der Waals surface area contributed by atoms with Crippen LogP contribution in [0.2, 0.25) is 0 Å². The third-order valence-corrected chi connectivity index (χ3v) is 7.44. The second-order valence-electron chi connectivity index (χ2n) is 9.46. The molecule has 0 bridgehead atoms. The van der Waals surface area contributed by atoms with Crippen LogP contribution in [0.3, 0.4) is 0 Å². The molecule has 5 heteroatoms. The molecule has 2 fully saturated rings. The molecule has 3 aliphatic rings. The van der Waals surface area contributed by atoms with E-state index >= 15 is 0 Å². The highest BCUT2D eigenvalue weighted by Crippen LogP contribution is 2.64. The predicted octanol–water partition coefficient (Wildman–Crippen LogP) is 3.76. The minimum Gasteiger partial charge on any atom is -0.462 e. The van der Waals surface area contributed by atoms with Crippen molar-refractivity contribution in [2.24, 2.45) is 17.3 Å². The first-order valence-corrected chi connectivity index (χ1v) is 10.3. The Morgan fingerprint density at radius 3 is 2.54 bits per heavy atom. The van der Waals surface area contributed by atoms with Crippen molar-refractivity contribution >= 4 is 11.9 Å². The molecule has 4 rings (SSSR count). The quantitative estimate of drug-likeness (QED) is 0.619. The van der Waals surface area contributed by atoms with Gasteiger partial charge in [0.15, 0.2) is 0 Å². The maximum atomic E-state index is 11.6. The molecule has 0 amide bonds. The Labute approximate surface area is 166 Å². The van der Waals surface area contributed by atoms with Crippen LogP contribution in [-0.4, -0.2) is 28.8 Å². The summed E-state index contributed by atoms with van der Waals surface area (Å²) in [6, 6.07) is 5.82. The number of rotatable bonds is 2. The SMILES string of the molecule is CC(=O)Oc1ccc2c(c1)CCC1C3CCC(OC(C)=O)C3(C)C[C@@](C)(O)C21. The van der Waals surface area contributed by atoms with E-state index in [1.54, 1.807) is 0 Å². The molecule has 0 aromatic heterocycles. The molecule has 2 saturated carbocycles. The lowest BCUT2D eigenvalue weighted by atomic mass is 9.50. The Hall–Kier alpha value is -1.88. The van der Waals surface area contributed by atoms with E-state index in [9.17, 15) is 14.7 Å². The van der Waals surface area contributed by atoms with Gasteiger partial charge < -0.3 is 14.6 Å². The molecule has 5 unspecified atom stereocenters. The Morgan fingerprint density at radius 1 is 1.11 bits per heavy atom. The first-order valence-electron chi connectivity index (χ1n) is 10.3. The molecule has 0 aliphatic heterocycles. The molecule has 0 radical (unpaired) electrons. The third-order valence-electron chi connectivity index (χ3n) is 7.44. The van der Waals surface area contributed by atoms with Crippen LogP contribution in [0.15, 0.2) is 18.2 Å². The average molecular weight is 386 g/mol. The summed E-state index contributed by atoms with van der Waals surface area (Å²) < 4.78 is 10.9. The zero-order valence-corrected chi connectivity index (χ0v) is 17.2. The van der Waals surface area contributed by atoms with Gasteiger partial charge in [0.05, 0.1) is 5.60 Å². The van der Waals surface area contributed by atoms with E-state index < -0.39 is 5.60 Å². The van der Waals surface area contributed by atoms with Crippen LogP contribution in [0, 0.1) is 17.3 Å². The Bertz CT molecular complexity index is 813. The summed E-state index contributed by atoms with van der Waals surface area (Å²) in [5.41, 5.74) is 1.27. The van der Waals surface area contributed by atoms with E-state index in [4.69, 9.17) is 9.47 Å². The van der Waals surface area contributed by atoms with Crippen molar-refractivity contribution in [1.82, 2.24) is 0 Å². The van der Waals surface area contributed by atoms with E-state index in [-0.39, 0.29) is 29.4 Å².